The van der Waals surface area contributed by atoms with E-state index in [-0.39, 0.29) is 11.8 Å². The van der Waals surface area contributed by atoms with E-state index in [0.717, 1.165) is 63.5 Å². The van der Waals surface area contributed by atoms with Crippen molar-refractivity contribution in [3.05, 3.63) is 117 Å². The van der Waals surface area contributed by atoms with Crippen molar-refractivity contribution in [3.63, 3.8) is 0 Å². The SMILES string of the molecule is C/C(=N/Nc1nc(C)cc(C)n1)c1ccccc1C.Cc1cc(C)cc(C(=O)N(NC(=O)c2ccc3c(c2C)CCCO3)C(C)(C)C)c1. The van der Waals surface area contributed by atoms with Crippen molar-refractivity contribution in [1.29, 1.82) is 0 Å². The number of hydrazine groups is 1. The minimum atomic E-state index is -0.588. The number of carbonyl (C=O) groups excluding carboxylic acids is 2. The van der Waals surface area contributed by atoms with Crippen LogP contribution in [0.5, 0.6) is 5.75 Å². The molecule has 4 aromatic rings. The van der Waals surface area contributed by atoms with Gasteiger partial charge in [0.25, 0.3) is 11.8 Å². The Bertz CT molecular complexity index is 1800. The van der Waals surface area contributed by atoms with Crippen LogP contribution in [0.25, 0.3) is 0 Å². The van der Waals surface area contributed by atoms with Gasteiger partial charge in [-0.1, -0.05) is 41.5 Å². The number of aromatic nitrogens is 2. The van der Waals surface area contributed by atoms with Gasteiger partial charge >= 0.3 is 0 Å². The Hall–Kier alpha value is -5.05. The maximum atomic E-state index is 13.3. The van der Waals surface area contributed by atoms with Gasteiger partial charge in [0.1, 0.15) is 5.75 Å². The van der Waals surface area contributed by atoms with Gasteiger partial charge in [0.15, 0.2) is 0 Å². The molecule has 0 saturated carbocycles. The van der Waals surface area contributed by atoms with Gasteiger partial charge in [-0.3, -0.25) is 15.0 Å². The summed E-state index contributed by atoms with van der Waals surface area (Å²) in [6.45, 7) is 20.2. The third-order valence-corrected chi connectivity index (χ3v) is 8.03. The summed E-state index contributed by atoms with van der Waals surface area (Å²) in [5.41, 5.74) is 15.4. The summed E-state index contributed by atoms with van der Waals surface area (Å²) in [5.74, 6) is 0.870. The second-order valence-electron chi connectivity index (χ2n) is 13.4. The first-order valence-corrected chi connectivity index (χ1v) is 16.3. The molecule has 0 saturated heterocycles. The number of fused-ring (bicyclic) bond motifs is 1. The number of hydrogen-bond donors (Lipinski definition) is 2. The lowest BCUT2D eigenvalue weighted by Gasteiger charge is -2.36. The highest BCUT2D eigenvalue weighted by Gasteiger charge is 2.31. The number of benzene rings is 3. The third kappa shape index (κ3) is 9.06. The maximum Gasteiger partial charge on any atom is 0.272 e. The summed E-state index contributed by atoms with van der Waals surface area (Å²) < 4.78 is 5.70. The van der Waals surface area contributed by atoms with Crippen molar-refractivity contribution in [1.82, 2.24) is 20.4 Å². The molecule has 3 aromatic carbocycles. The molecule has 0 fully saturated rings. The van der Waals surface area contributed by atoms with Crippen LogP contribution in [0.3, 0.4) is 0 Å². The fourth-order valence-corrected chi connectivity index (χ4v) is 5.72. The molecule has 2 amide bonds. The number of carbonyl (C=O) groups is 2. The summed E-state index contributed by atoms with van der Waals surface area (Å²) in [4.78, 5) is 35.0. The van der Waals surface area contributed by atoms with Gasteiger partial charge in [-0.25, -0.2) is 20.4 Å². The van der Waals surface area contributed by atoms with E-state index in [2.05, 4.69) is 45.0 Å². The van der Waals surface area contributed by atoms with E-state index in [1.807, 2.05) is 105 Å². The van der Waals surface area contributed by atoms with Crippen molar-refractivity contribution >= 4 is 23.5 Å². The minimum absolute atomic E-state index is 0.225. The number of hydrazone groups is 1. The van der Waals surface area contributed by atoms with Crippen LogP contribution in [-0.4, -0.2) is 44.6 Å². The van der Waals surface area contributed by atoms with Gasteiger partial charge in [0, 0.05) is 28.1 Å². The molecule has 0 atom stereocenters. The van der Waals surface area contributed by atoms with Crippen LogP contribution in [0.2, 0.25) is 0 Å². The van der Waals surface area contributed by atoms with Crippen LogP contribution in [0.1, 0.15) is 99.6 Å². The fraction of sp³-hybridized carbons (Fsp3) is 0.359. The van der Waals surface area contributed by atoms with E-state index in [1.54, 1.807) is 6.07 Å². The Morgan fingerprint density at radius 1 is 0.854 bits per heavy atom. The standard InChI is InChI=1S/C24H30N2O3.C15H18N4/c1-15-12-16(2)14-18(13-15)23(28)26(24(4,5)6)25-22(27)20-9-10-21-19(17(20)3)8-7-11-29-21;1-10-7-5-6-8-14(10)13(4)18-19-15-16-11(2)9-12(3)17-15/h9-10,12-14H,7-8,11H2,1-6H3,(H,25,27);5-9H,1-4H3,(H,16,17,19)/b;18-13-. The molecule has 1 aliphatic heterocycles. The summed E-state index contributed by atoms with van der Waals surface area (Å²) >= 11 is 0. The second kappa shape index (κ2) is 15.2. The van der Waals surface area contributed by atoms with Gasteiger partial charge in [-0.2, -0.15) is 5.10 Å². The molecule has 9 heteroatoms. The van der Waals surface area contributed by atoms with Crippen LogP contribution in [-0.2, 0) is 6.42 Å². The van der Waals surface area contributed by atoms with E-state index in [1.165, 1.54) is 10.6 Å². The second-order valence-corrected chi connectivity index (χ2v) is 13.4. The minimum Gasteiger partial charge on any atom is -0.493 e. The van der Waals surface area contributed by atoms with Crippen molar-refractivity contribution in [2.24, 2.45) is 5.10 Å². The number of amides is 2. The van der Waals surface area contributed by atoms with Crippen LogP contribution in [0.4, 0.5) is 5.95 Å². The first kappa shape index (κ1) is 35.8. The topological polar surface area (TPSA) is 109 Å². The molecule has 0 aliphatic carbocycles. The Kier molecular flexibility index (Phi) is 11.4. The Labute approximate surface area is 284 Å². The molecule has 0 bridgehead atoms. The molecule has 1 aliphatic rings. The van der Waals surface area contributed by atoms with Crippen LogP contribution in [0, 0.1) is 41.5 Å². The van der Waals surface area contributed by atoms with Gasteiger partial charge < -0.3 is 4.74 Å². The number of rotatable bonds is 5. The molecule has 9 nitrogen and oxygen atoms in total. The highest BCUT2D eigenvalue weighted by Crippen LogP contribution is 2.30. The summed E-state index contributed by atoms with van der Waals surface area (Å²) in [7, 11) is 0. The lowest BCUT2D eigenvalue weighted by Crippen LogP contribution is -2.56. The number of nitrogens with one attached hydrogen (secondary N) is 2. The Morgan fingerprint density at radius 3 is 2.12 bits per heavy atom. The van der Waals surface area contributed by atoms with E-state index in [9.17, 15) is 9.59 Å². The highest BCUT2D eigenvalue weighted by atomic mass is 16.5. The van der Waals surface area contributed by atoms with Crippen LogP contribution >= 0.6 is 0 Å². The molecule has 1 aromatic heterocycles. The molecule has 0 radical (unpaired) electrons. The summed E-state index contributed by atoms with van der Waals surface area (Å²) in [6, 6.07) is 19.4. The number of nitrogens with zero attached hydrogens (tertiary/aromatic N) is 4. The predicted octanol–water partition coefficient (Wildman–Crippen LogP) is 7.76. The zero-order valence-electron chi connectivity index (χ0n) is 29.9. The van der Waals surface area contributed by atoms with E-state index in [4.69, 9.17) is 4.74 Å². The van der Waals surface area contributed by atoms with Crippen LogP contribution in [0.15, 0.2) is 65.8 Å². The fourth-order valence-electron chi connectivity index (χ4n) is 5.72. The van der Waals surface area contributed by atoms with Gasteiger partial charge in [0.05, 0.1) is 17.9 Å². The molecule has 0 unspecified atom stereocenters. The van der Waals surface area contributed by atoms with Crippen molar-refractivity contribution in [3.8, 4) is 5.75 Å². The zero-order valence-corrected chi connectivity index (χ0v) is 29.9. The van der Waals surface area contributed by atoms with Gasteiger partial charge in [-0.15, -0.1) is 0 Å². The number of ether oxygens (including phenoxy) is 1. The van der Waals surface area contributed by atoms with Crippen molar-refractivity contribution < 1.29 is 14.3 Å². The van der Waals surface area contributed by atoms with Crippen LogP contribution < -0.4 is 15.6 Å². The summed E-state index contributed by atoms with van der Waals surface area (Å²) in [6.07, 6.45) is 1.84. The monoisotopic (exact) mass is 648 g/mol. The summed E-state index contributed by atoms with van der Waals surface area (Å²) in [5, 5.41) is 5.78. The molecule has 5 rings (SSSR count). The first-order valence-electron chi connectivity index (χ1n) is 16.3. The quantitative estimate of drug-likeness (QED) is 0.169. The Balaban J connectivity index is 0.000000237. The predicted molar refractivity (Wildman–Crippen MR) is 193 cm³/mol. The van der Waals surface area contributed by atoms with Gasteiger partial charge in [0.2, 0.25) is 5.95 Å². The maximum absolute atomic E-state index is 13.3. The largest absolute Gasteiger partial charge is 0.493 e. The number of aryl methyl sites for hydroxylation is 5. The van der Waals surface area contributed by atoms with Gasteiger partial charge in [-0.05, 0) is 129 Å². The first-order chi connectivity index (χ1) is 22.6. The number of hydrogen-bond acceptors (Lipinski definition) is 7. The molecule has 2 N–H and O–H groups in total. The van der Waals surface area contributed by atoms with E-state index < -0.39 is 5.54 Å². The molecular weight excluding hydrogens is 600 g/mol. The molecular formula is C39H48N6O3. The highest BCUT2D eigenvalue weighted by molar-refractivity contribution is 6.01. The van der Waals surface area contributed by atoms with E-state index in [0.29, 0.717) is 23.7 Å². The number of anilines is 1. The van der Waals surface area contributed by atoms with Crippen molar-refractivity contribution in [2.75, 3.05) is 12.0 Å². The normalized spacial score (nSPS) is 12.6. The molecule has 252 valence electrons. The smallest absolute Gasteiger partial charge is 0.272 e. The average Bonchev–Trinajstić information content (AvgIpc) is 3.01. The lowest BCUT2D eigenvalue weighted by atomic mass is 9.96. The zero-order chi connectivity index (χ0) is 35.2. The molecule has 2 heterocycles. The molecule has 48 heavy (non-hydrogen) atoms. The molecule has 0 spiro atoms. The third-order valence-electron chi connectivity index (χ3n) is 8.03. The van der Waals surface area contributed by atoms with E-state index >= 15 is 0 Å². The average molecular weight is 649 g/mol. The lowest BCUT2D eigenvalue weighted by molar-refractivity contribution is 0.0358. The Morgan fingerprint density at radius 2 is 1.50 bits per heavy atom. The van der Waals surface area contributed by atoms with Crippen molar-refractivity contribution in [2.45, 2.75) is 87.6 Å².